The minimum Gasteiger partial charge on any atom is -0.358 e. The number of aromatic amines is 3. The fraction of sp³-hybridized carbons (Fsp3) is 0.324. The molecule has 0 radical (unpaired) electrons. The van der Waals surface area contributed by atoms with E-state index in [2.05, 4.69) is 122 Å². The summed E-state index contributed by atoms with van der Waals surface area (Å²) in [6.45, 7) is 13.6. The van der Waals surface area contributed by atoms with Crippen LogP contribution in [0.1, 0.15) is 77.2 Å². The molecule has 0 saturated carbocycles. The minimum atomic E-state index is 0.0186. The van der Waals surface area contributed by atoms with Crippen LogP contribution in [0.2, 0.25) is 0 Å². The van der Waals surface area contributed by atoms with Crippen LogP contribution >= 0.6 is 23.9 Å². The van der Waals surface area contributed by atoms with Gasteiger partial charge in [-0.25, -0.2) is 9.12 Å². The maximum atomic E-state index is 4.81. The van der Waals surface area contributed by atoms with Crippen LogP contribution in [0.5, 0.6) is 0 Å². The summed E-state index contributed by atoms with van der Waals surface area (Å²) in [6, 6.07) is 17.4. The van der Waals surface area contributed by atoms with Gasteiger partial charge in [0, 0.05) is 61.7 Å². The lowest BCUT2D eigenvalue weighted by Crippen LogP contribution is -2.31. The summed E-state index contributed by atoms with van der Waals surface area (Å²) in [5, 5.41) is 0. The van der Waals surface area contributed by atoms with Crippen molar-refractivity contribution in [3.63, 3.8) is 0 Å². The minimum absolute atomic E-state index is 0.0186. The highest BCUT2D eigenvalue weighted by Gasteiger charge is 2.33. The molecular formula is C34H37N7S2. The van der Waals surface area contributed by atoms with Crippen LogP contribution in [0.15, 0.2) is 65.1 Å². The molecule has 0 fully saturated rings. The molecule has 1 unspecified atom stereocenters. The van der Waals surface area contributed by atoms with E-state index in [1.807, 2.05) is 0 Å². The molecule has 4 aromatic heterocycles. The van der Waals surface area contributed by atoms with Gasteiger partial charge in [-0.3, -0.25) is 0 Å². The summed E-state index contributed by atoms with van der Waals surface area (Å²) in [5.41, 5.74) is 14.2. The molecule has 0 spiro atoms. The highest BCUT2D eigenvalue weighted by atomic mass is 32.2. The number of hydrogen-bond acceptors (Lipinski definition) is 6. The van der Waals surface area contributed by atoms with E-state index in [0.717, 1.165) is 69.1 Å². The van der Waals surface area contributed by atoms with Crippen LogP contribution in [0.25, 0.3) is 44.7 Å². The van der Waals surface area contributed by atoms with Crippen LogP contribution < -0.4 is 4.72 Å². The van der Waals surface area contributed by atoms with Gasteiger partial charge in [0.05, 0.1) is 35.6 Å². The van der Waals surface area contributed by atoms with Crippen molar-refractivity contribution in [2.45, 2.75) is 71.3 Å². The second-order valence-corrected chi connectivity index (χ2v) is 13.9. The zero-order chi connectivity index (χ0) is 29.9. The average molecular weight is 608 g/mol. The topological polar surface area (TPSA) is 97.5 Å². The largest absolute Gasteiger partial charge is 0.358 e. The zero-order valence-electron chi connectivity index (χ0n) is 25.4. The SMILES string of the molecule is CCC(C)(C)c1ccc(C2=CC=C(c3ccc(-c4ccc(-c5ccc(C(C)(C)CC)[nH]5)c5nsnc45)[nH]3)C3=NSNC23)[nH]1. The number of rotatable bonds is 8. The van der Waals surface area contributed by atoms with Gasteiger partial charge in [-0.15, -0.1) is 0 Å². The van der Waals surface area contributed by atoms with Gasteiger partial charge >= 0.3 is 0 Å². The van der Waals surface area contributed by atoms with Gasteiger partial charge in [0.1, 0.15) is 11.0 Å². The van der Waals surface area contributed by atoms with Gasteiger partial charge in [-0.1, -0.05) is 53.7 Å². The predicted octanol–water partition coefficient (Wildman–Crippen LogP) is 8.84. The fourth-order valence-electron chi connectivity index (χ4n) is 5.78. The Labute approximate surface area is 261 Å². The van der Waals surface area contributed by atoms with Gasteiger partial charge in [-0.2, -0.15) is 8.75 Å². The first-order valence-corrected chi connectivity index (χ1v) is 16.5. The lowest BCUT2D eigenvalue weighted by molar-refractivity contribution is 0.493. The van der Waals surface area contributed by atoms with Crippen LogP contribution in [-0.2, 0) is 10.8 Å². The van der Waals surface area contributed by atoms with Crippen molar-refractivity contribution >= 4 is 51.8 Å². The number of hydrogen-bond donors (Lipinski definition) is 4. The first kappa shape index (κ1) is 28.1. The fourth-order valence-corrected chi connectivity index (χ4v) is 7.05. The van der Waals surface area contributed by atoms with E-state index in [4.69, 9.17) is 13.1 Å². The Hall–Kier alpha value is -3.66. The highest BCUT2D eigenvalue weighted by Crippen LogP contribution is 2.39. The molecule has 220 valence electrons. The van der Waals surface area contributed by atoms with Crippen molar-refractivity contribution in [3.8, 4) is 22.5 Å². The maximum Gasteiger partial charge on any atom is 0.114 e. The van der Waals surface area contributed by atoms with Gasteiger partial charge in [0.25, 0.3) is 0 Å². The second kappa shape index (κ2) is 10.5. The third kappa shape index (κ3) is 4.74. The molecule has 1 atom stereocenters. The van der Waals surface area contributed by atoms with Crippen molar-refractivity contribution in [2.24, 2.45) is 4.40 Å². The first-order chi connectivity index (χ1) is 20.7. The van der Waals surface area contributed by atoms with Crippen molar-refractivity contribution in [2.75, 3.05) is 0 Å². The molecule has 7 nitrogen and oxygen atoms in total. The predicted molar refractivity (Wildman–Crippen MR) is 182 cm³/mol. The molecule has 4 N–H and O–H groups in total. The van der Waals surface area contributed by atoms with Crippen LogP contribution in [0.3, 0.4) is 0 Å². The molecule has 0 bridgehead atoms. The summed E-state index contributed by atoms with van der Waals surface area (Å²) >= 11 is 2.67. The van der Waals surface area contributed by atoms with Gasteiger partial charge < -0.3 is 15.0 Å². The van der Waals surface area contributed by atoms with E-state index < -0.39 is 0 Å². The highest BCUT2D eigenvalue weighted by molar-refractivity contribution is 7.96. The molecule has 0 amide bonds. The van der Waals surface area contributed by atoms with Crippen molar-refractivity contribution in [1.29, 1.82) is 0 Å². The number of nitrogens with one attached hydrogen (secondary N) is 4. The molecule has 43 heavy (non-hydrogen) atoms. The van der Waals surface area contributed by atoms with Crippen LogP contribution in [0.4, 0.5) is 0 Å². The van der Waals surface area contributed by atoms with Crippen molar-refractivity contribution in [1.82, 2.24) is 28.4 Å². The normalized spacial score (nSPS) is 17.3. The zero-order valence-corrected chi connectivity index (χ0v) is 27.1. The number of nitrogens with zero attached hydrogens (tertiary/aromatic N) is 3. The molecule has 0 saturated heterocycles. The average Bonchev–Trinajstić information content (AvgIpc) is 3.85. The number of benzene rings is 1. The smallest absolute Gasteiger partial charge is 0.114 e. The number of allylic oxidation sites excluding steroid dienone is 2. The Bertz CT molecular complexity index is 1920. The molecule has 1 aliphatic heterocycles. The monoisotopic (exact) mass is 607 g/mol. The van der Waals surface area contributed by atoms with Gasteiger partial charge in [0.2, 0.25) is 0 Å². The lowest BCUT2D eigenvalue weighted by atomic mass is 9.87. The number of fused-ring (bicyclic) bond motifs is 2. The molecule has 9 heteroatoms. The van der Waals surface area contributed by atoms with E-state index >= 15 is 0 Å². The molecule has 1 aromatic carbocycles. The molecule has 5 heterocycles. The Morgan fingerprint density at radius 2 is 1.23 bits per heavy atom. The van der Waals surface area contributed by atoms with E-state index in [1.165, 1.54) is 40.8 Å². The van der Waals surface area contributed by atoms with E-state index in [-0.39, 0.29) is 16.9 Å². The molecule has 7 rings (SSSR count). The van der Waals surface area contributed by atoms with Crippen LogP contribution in [0, 0.1) is 0 Å². The maximum absolute atomic E-state index is 4.81. The quantitative estimate of drug-likeness (QED) is 0.133. The van der Waals surface area contributed by atoms with Gasteiger partial charge in [-0.05, 0) is 66.9 Å². The third-order valence-corrected chi connectivity index (χ3v) is 10.6. The Morgan fingerprint density at radius 3 is 1.88 bits per heavy atom. The van der Waals surface area contributed by atoms with E-state index in [0.29, 0.717) is 0 Å². The standard InChI is InChI=1S/C34H37N7S2/c1-7-33(3,4)27-17-15-25(36-27)21-11-9-19(29-31(21)40-42-38-29)23-13-14-24(35-23)20-10-12-22(32-30(20)39-43-41-32)26-16-18-28(37-26)34(5,6)8-2/h9-18,31,35-37,40H,7-8H2,1-6H3. The third-order valence-electron chi connectivity index (χ3n) is 9.49. The molecular weight excluding hydrogens is 571 g/mol. The number of aromatic nitrogens is 5. The summed E-state index contributed by atoms with van der Waals surface area (Å²) in [5.74, 6) is 0. The van der Waals surface area contributed by atoms with Crippen LogP contribution in [-0.4, -0.2) is 35.5 Å². The van der Waals surface area contributed by atoms with Gasteiger partial charge in [0.15, 0.2) is 0 Å². The number of H-pyrrole nitrogens is 3. The van der Waals surface area contributed by atoms with Crippen molar-refractivity contribution in [3.05, 3.63) is 83.5 Å². The molecule has 5 aromatic rings. The first-order valence-electron chi connectivity index (χ1n) is 15.0. The van der Waals surface area contributed by atoms with E-state index in [9.17, 15) is 0 Å². The molecule has 1 aliphatic carbocycles. The van der Waals surface area contributed by atoms with E-state index in [1.54, 1.807) is 0 Å². The Balaban J connectivity index is 1.22. The lowest BCUT2D eigenvalue weighted by Gasteiger charge is -2.23. The Kier molecular flexibility index (Phi) is 6.87. The Morgan fingerprint density at radius 1 is 0.674 bits per heavy atom. The summed E-state index contributed by atoms with van der Waals surface area (Å²) in [7, 11) is 0. The van der Waals surface area contributed by atoms with Crippen molar-refractivity contribution < 1.29 is 0 Å². The summed E-state index contributed by atoms with van der Waals surface area (Å²) < 4.78 is 17.8. The molecule has 2 aliphatic rings. The summed E-state index contributed by atoms with van der Waals surface area (Å²) in [6.07, 6.45) is 6.54. The summed E-state index contributed by atoms with van der Waals surface area (Å²) in [4.78, 5) is 11.0. The second-order valence-electron chi connectivity index (χ2n) is 12.8.